The molecule has 2 rings (SSSR count). The van der Waals surface area contributed by atoms with Crippen molar-refractivity contribution in [3.63, 3.8) is 0 Å². The van der Waals surface area contributed by atoms with Crippen LogP contribution in [0.5, 0.6) is 0 Å². The summed E-state index contributed by atoms with van der Waals surface area (Å²) >= 11 is 3.62. The van der Waals surface area contributed by atoms with Gasteiger partial charge in [-0.05, 0) is 38.3 Å². The number of thiol groups is 1. The van der Waals surface area contributed by atoms with Gasteiger partial charge in [0.2, 0.25) is 0 Å². The molecule has 6 heteroatoms. The first-order chi connectivity index (χ1) is 9.90. The maximum atomic E-state index is 12.2. The highest BCUT2D eigenvalue weighted by Crippen LogP contribution is 2.42. The number of hydrogen-bond donors (Lipinski definition) is 1. The Balaban J connectivity index is 2.14. The number of esters is 1. The molecular weight excluding hydrogens is 356 g/mol. The van der Waals surface area contributed by atoms with E-state index in [0.717, 1.165) is 12.8 Å². The maximum absolute atomic E-state index is 12.2. The second-order valence-corrected chi connectivity index (χ2v) is 8.44. The van der Waals surface area contributed by atoms with Crippen LogP contribution in [0.25, 0.3) is 0 Å². The minimum atomic E-state index is -2.51. The molecule has 4 nitrogen and oxygen atoms in total. The lowest BCUT2D eigenvalue weighted by molar-refractivity contribution is -0.000125. The predicted molar refractivity (Wildman–Crippen MR) is 85.5 cm³/mol. The summed E-state index contributed by atoms with van der Waals surface area (Å²) in [6.45, 7) is 1.97. The van der Waals surface area contributed by atoms with Crippen LogP contribution in [0.3, 0.4) is 0 Å². The molecule has 0 N–H and O–H groups in total. The molecule has 1 fully saturated rings. The summed E-state index contributed by atoms with van der Waals surface area (Å²) < 4.78 is 27.5. The minimum Gasteiger partial charge on any atom is -0.458 e. The van der Waals surface area contributed by atoms with Crippen molar-refractivity contribution < 1.29 is 17.9 Å². The van der Waals surface area contributed by atoms with Crippen molar-refractivity contribution in [3.05, 3.63) is 35.9 Å². The van der Waals surface area contributed by atoms with Crippen LogP contribution in [0.15, 0.2) is 30.3 Å². The average molecular weight is 375 g/mol. The average Bonchev–Trinajstić information content (AvgIpc) is 2.43. The molecule has 0 bridgehead atoms. The molecule has 0 spiro atoms. The molecule has 0 aromatic heterocycles. The molecule has 0 amide bonds. The molecule has 0 radical (unpaired) electrons. The Morgan fingerprint density at radius 2 is 2.05 bits per heavy atom. The number of rotatable bonds is 4. The third kappa shape index (κ3) is 4.30. The normalized spacial score (nSPS) is 29.3. The standard InChI is InChI=1S/C15H19BrO4S/c1-15(16)9-5-8-13(12(15)10-21(18)19)20-14(17)11-6-3-2-4-7-11/h2-4,6-7,12-13,21H,5,8-10H2,1H3. The zero-order valence-electron chi connectivity index (χ0n) is 11.8. The number of carbonyl (C=O) groups excluding carboxylic acids is 1. The third-order valence-corrected chi connectivity index (χ3v) is 5.67. The minimum absolute atomic E-state index is 0.0316. The second kappa shape index (κ2) is 6.92. The van der Waals surface area contributed by atoms with Crippen LogP contribution in [0.4, 0.5) is 0 Å². The van der Waals surface area contributed by atoms with Gasteiger partial charge in [0, 0.05) is 10.2 Å². The molecule has 3 atom stereocenters. The van der Waals surface area contributed by atoms with E-state index >= 15 is 0 Å². The van der Waals surface area contributed by atoms with Crippen molar-refractivity contribution in [1.29, 1.82) is 0 Å². The van der Waals surface area contributed by atoms with Gasteiger partial charge in [0.1, 0.15) is 16.8 Å². The lowest BCUT2D eigenvalue weighted by atomic mass is 9.79. The van der Waals surface area contributed by atoms with E-state index in [1.165, 1.54) is 0 Å². The van der Waals surface area contributed by atoms with Crippen LogP contribution in [0.1, 0.15) is 36.5 Å². The van der Waals surface area contributed by atoms with E-state index in [-0.39, 0.29) is 22.1 Å². The van der Waals surface area contributed by atoms with Gasteiger partial charge in [0.15, 0.2) is 0 Å². The van der Waals surface area contributed by atoms with Gasteiger partial charge in [0.25, 0.3) is 0 Å². The van der Waals surface area contributed by atoms with Gasteiger partial charge in [-0.2, -0.15) is 0 Å². The highest BCUT2D eigenvalue weighted by Gasteiger charge is 2.42. The predicted octanol–water partition coefficient (Wildman–Crippen LogP) is 2.78. The van der Waals surface area contributed by atoms with Gasteiger partial charge >= 0.3 is 5.97 Å². The Labute approximate surface area is 135 Å². The molecule has 0 heterocycles. The zero-order valence-corrected chi connectivity index (χ0v) is 14.3. The van der Waals surface area contributed by atoms with E-state index in [1.54, 1.807) is 24.3 Å². The topological polar surface area (TPSA) is 60.4 Å². The lowest BCUT2D eigenvalue weighted by Gasteiger charge is -2.41. The van der Waals surface area contributed by atoms with Crippen LogP contribution in [-0.4, -0.2) is 30.6 Å². The van der Waals surface area contributed by atoms with Crippen LogP contribution < -0.4 is 0 Å². The van der Waals surface area contributed by atoms with Crippen LogP contribution >= 0.6 is 15.9 Å². The summed E-state index contributed by atoms with van der Waals surface area (Å²) in [5, 5.41) is 0. The molecule has 116 valence electrons. The van der Waals surface area contributed by atoms with Gasteiger partial charge in [-0.15, -0.1) is 0 Å². The van der Waals surface area contributed by atoms with Gasteiger partial charge < -0.3 is 4.74 Å². The van der Waals surface area contributed by atoms with Gasteiger partial charge in [-0.1, -0.05) is 34.1 Å². The number of ether oxygens (including phenoxy) is 1. The Morgan fingerprint density at radius 1 is 1.38 bits per heavy atom. The van der Waals surface area contributed by atoms with Crippen LogP contribution in [0.2, 0.25) is 0 Å². The molecule has 1 aliphatic carbocycles. The Bertz CT molecular complexity index is 560. The van der Waals surface area contributed by atoms with Crippen molar-refractivity contribution in [2.75, 3.05) is 5.75 Å². The summed E-state index contributed by atoms with van der Waals surface area (Å²) in [7, 11) is -2.51. The zero-order chi connectivity index (χ0) is 15.5. The quantitative estimate of drug-likeness (QED) is 0.500. The molecule has 1 aromatic carbocycles. The summed E-state index contributed by atoms with van der Waals surface area (Å²) in [6, 6.07) is 8.77. The van der Waals surface area contributed by atoms with Crippen molar-refractivity contribution >= 4 is 32.6 Å². The Morgan fingerprint density at radius 3 is 2.67 bits per heavy atom. The Hall–Kier alpha value is -0.880. The fourth-order valence-electron chi connectivity index (χ4n) is 2.81. The van der Waals surface area contributed by atoms with Gasteiger partial charge in [-0.25, -0.2) is 13.2 Å². The molecule has 0 saturated heterocycles. The summed E-state index contributed by atoms with van der Waals surface area (Å²) in [4.78, 5) is 12.2. The van der Waals surface area contributed by atoms with E-state index in [9.17, 15) is 13.2 Å². The number of carbonyl (C=O) groups is 1. The molecule has 0 aliphatic heterocycles. The Kier molecular flexibility index (Phi) is 5.43. The first-order valence-corrected chi connectivity index (χ1v) is 9.12. The first kappa shape index (κ1) is 16.5. The molecular formula is C15H19BrO4S. The van der Waals surface area contributed by atoms with E-state index in [1.807, 2.05) is 13.0 Å². The van der Waals surface area contributed by atoms with Crippen molar-refractivity contribution in [2.24, 2.45) is 5.92 Å². The fourth-order valence-corrected chi connectivity index (χ4v) is 4.76. The SMILES string of the molecule is CC1(Br)CCCC(OC(=O)c2ccccc2)C1C[SH](=O)=O. The summed E-state index contributed by atoms with van der Waals surface area (Å²) in [5.41, 5.74) is 0.490. The third-order valence-electron chi connectivity index (χ3n) is 3.99. The number of hydrogen-bond acceptors (Lipinski definition) is 4. The van der Waals surface area contributed by atoms with Crippen molar-refractivity contribution in [1.82, 2.24) is 0 Å². The number of halogens is 1. The van der Waals surface area contributed by atoms with E-state index in [0.29, 0.717) is 12.0 Å². The highest BCUT2D eigenvalue weighted by molar-refractivity contribution is 9.10. The van der Waals surface area contributed by atoms with Gasteiger partial charge in [0.05, 0.1) is 11.3 Å². The van der Waals surface area contributed by atoms with Crippen molar-refractivity contribution in [2.45, 2.75) is 36.6 Å². The molecule has 1 aliphatic rings. The number of benzene rings is 1. The van der Waals surface area contributed by atoms with Crippen molar-refractivity contribution in [3.8, 4) is 0 Å². The van der Waals surface area contributed by atoms with Gasteiger partial charge in [-0.3, -0.25) is 0 Å². The first-order valence-electron chi connectivity index (χ1n) is 6.97. The monoisotopic (exact) mass is 374 g/mol. The van der Waals surface area contributed by atoms with Crippen LogP contribution in [0, 0.1) is 5.92 Å². The van der Waals surface area contributed by atoms with E-state index < -0.39 is 16.7 Å². The summed E-state index contributed by atoms with van der Waals surface area (Å²) in [6.07, 6.45) is 2.11. The van der Waals surface area contributed by atoms with E-state index in [4.69, 9.17) is 4.74 Å². The molecule has 1 aromatic rings. The van der Waals surface area contributed by atoms with E-state index in [2.05, 4.69) is 15.9 Å². The summed E-state index contributed by atoms with van der Waals surface area (Å²) in [5.74, 6) is -0.582. The molecule has 3 unspecified atom stereocenters. The molecule has 1 saturated carbocycles. The highest BCUT2D eigenvalue weighted by atomic mass is 79.9. The second-order valence-electron chi connectivity index (χ2n) is 5.60. The smallest absolute Gasteiger partial charge is 0.338 e. The largest absolute Gasteiger partial charge is 0.458 e. The lowest BCUT2D eigenvalue weighted by Crippen LogP contribution is -2.45. The van der Waals surface area contributed by atoms with Crippen LogP contribution in [-0.2, 0) is 15.4 Å². The molecule has 21 heavy (non-hydrogen) atoms. The number of alkyl halides is 1. The fraction of sp³-hybridized carbons (Fsp3) is 0.533. The maximum Gasteiger partial charge on any atom is 0.338 e.